The van der Waals surface area contributed by atoms with Crippen LogP contribution in [0.2, 0.25) is 5.02 Å². The van der Waals surface area contributed by atoms with Crippen LogP contribution in [0.4, 0.5) is 18.9 Å². The molecule has 1 aliphatic carbocycles. The van der Waals surface area contributed by atoms with Crippen molar-refractivity contribution in [2.45, 2.75) is 44.3 Å². The first kappa shape index (κ1) is 25.9. The van der Waals surface area contributed by atoms with Gasteiger partial charge in [-0.25, -0.2) is 0 Å². The molecule has 1 saturated carbocycles. The van der Waals surface area contributed by atoms with Crippen LogP contribution >= 0.6 is 27.5 Å². The van der Waals surface area contributed by atoms with Crippen LogP contribution in [0.3, 0.4) is 0 Å². The lowest BCUT2D eigenvalue weighted by Crippen LogP contribution is -2.30. The average Bonchev–Trinajstić information content (AvgIpc) is 3.51. The van der Waals surface area contributed by atoms with Gasteiger partial charge in [-0.1, -0.05) is 18.0 Å². The molecule has 0 spiro atoms. The Balaban J connectivity index is 1.40. The quantitative estimate of drug-likeness (QED) is 0.302. The summed E-state index contributed by atoms with van der Waals surface area (Å²) in [7, 11) is 0. The first-order chi connectivity index (χ1) is 18.6. The Morgan fingerprint density at radius 2 is 2.00 bits per heavy atom. The lowest BCUT2D eigenvalue weighted by molar-refractivity contribution is -0.137. The maximum atomic E-state index is 13.3. The van der Waals surface area contributed by atoms with Crippen molar-refractivity contribution < 1.29 is 22.7 Å². The highest BCUT2D eigenvalue weighted by Crippen LogP contribution is 2.40. The Bertz CT molecular complexity index is 1700. The normalized spacial score (nSPS) is 15.2. The maximum Gasteiger partial charge on any atom is 0.416 e. The summed E-state index contributed by atoms with van der Waals surface area (Å²) < 4.78 is 47.7. The molecule has 4 aromatic rings. The molecule has 0 radical (unpaired) electrons. The number of ether oxygens (including phenoxy) is 1. The number of hydrogen-bond acceptors (Lipinski definition) is 5. The predicted molar refractivity (Wildman–Crippen MR) is 141 cm³/mol. The van der Waals surface area contributed by atoms with E-state index in [1.165, 1.54) is 0 Å². The van der Waals surface area contributed by atoms with E-state index < -0.39 is 23.2 Å². The number of aromatic nitrogens is 4. The molecule has 8 nitrogen and oxygen atoms in total. The van der Waals surface area contributed by atoms with Gasteiger partial charge >= 0.3 is 6.18 Å². The number of nitrogens with one attached hydrogen (secondary N) is 1. The molecule has 39 heavy (non-hydrogen) atoms. The number of carbonyl (C=O) groups excluding carboxylic acids is 1. The number of amides is 1. The highest BCUT2D eigenvalue weighted by Gasteiger charge is 2.32. The molecule has 0 unspecified atom stereocenters. The second-order valence-corrected chi connectivity index (χ2v) is 10.7. The predicted octanol–water partition coefficient (Wildman–Crippen LogP) is 5.83. The van der Waals surface area contributed by atoms with E-state index in [1.807, 2.05) is 18.2 Å². The molecule has 2 aromatic carbocycles. The smallest absolute Gasteiger partial charge is 0.416 e. The fourth-order valence-electron chi connectivity index (χ4n) is 4.85. The first-order valence-electron chi connectivity index (χ1n) is 12.2. The number of fused-ring (bicyclic) bond motifs is 2. The molecule has 0 atom stereocenters. The van der Waals surface area contributed by atoms with Gasteiger partial charge in [0.25, 0.3) is 5.56 Å². The molecule has 3 heterocycles. The molecule has 2 aromatic heterocycles. The highest BCUT2D eigenvalue weighted by atomic mass is 79.9. The van der Waals surface area contributed by atoms with Gasteiger partial charge in [0.05, 0.1) is 22.9 Å². The molecule has 6 rings (SSSR count). The second-order valence-electron chi connectivity index (χ2n) is 9.53. The van der Waals surface area contributed by atoms with E-state index in [2.05, 4.69) is 31.3 Å². The van der Waals surface area contributed by atoms with E-state index in [0.717, 1.165) is 59.7 Å². The first-order valence-corrected chi connectivity index (χ1v) is 13.4. The zero-order valence-corrected chi connectivity index (χ0v) is 22.5. The number of anilines is 1. The van der Waals surface area contributed by atoms with Crippen LogP contribution in [-0.4, -0.2) is 31.7 Å². The minimum absolute atomic E-state index is 0.0387. The van der Waals surface area contributed by atoms with Gasteiger partial charge in [0.1, 0.15) is 16.8 Å². The molecule has 0 bridgehead atoms. The summed E-state index contributed by atoms with van der Waals surface area (Å²) in [6, 6.07) is 8.30. The highest BCUT2D eigenvalue weighted by molar-refractivity contribution is 9.10. The molecule has 202 valence electrons. The van der Waals surface area contributed by atoms with Gasteiger partial charge < -0.3 is 14.6 Å². The minimum atomic E-state index is -4.56. The van der Waals surface area contributed by atoms with Gasteiger partial charge in [-0.05, 0) is 70.7 Å². The Hall–Kier alpha value is -3.38. The summed E-state index contributed by atoms with van der Waals surface area (Å²) in [5.74, 6) is 0.798. The van der Waals surface area contributed by atoms with E-state index in [9.17, 15) is 22.8 Å². The van der Waals surface area contributed by atoms with Crippen LogP contribution in [0.25, 0.3) is 17.2 Å². The Morgan fingerprint density at radius 1 is 1.21 bits per heavy atom. The zero-order valence-electron chi connectivity index (χ0n) is 20.2. The van der Waals surface area contributed by atoms with Crippen molar-refractivity contribution in [2.75, 3.05) is 11.9 Å². The topological polar surface area (TPSA) is 90.5 Å². The lowest BCUT2D eigenvalue weighted by atomic mass is 9.82. The van der Waals surface area contributed by atoms with Crippen LogP contribution in [-0.2, 0) is 23.9 Å². The standard InChI is InChI=1S/C26H20BrClF3N5O3/c27-21-22(13-2-1-3-13)35(12-20(37)32-18-6-5-16(11-17(18)28)26(29,30)31)25-33-23(34-36(25)24(21)38)15-4-7-19-14(10-15)8-9-39-19/h4-7,10-11,13H,1-3,8-9,12H2,(H,32,37). The molecule has 1 fully saturated rings. The third-order valence-corrected chi connectivity index (χ3v) is 8.10. The van der Waals surface area contributed by atoms with Crippen LogP contribution < -0.4 is 15.6 Å². The second kappa shape index (κ2) is 9.67. The van der Waals surface area contributed by atoms with Crippen molar-refractivity contribution in [3.8, 4) is 17.1 Å². The van der Waals surface area contributed by atoms with E-state index in [-0.39, 0.29) is 29.0 Å². The third kappa shape index (κ3) is 4.69. The van der Waals surface area contributed by atoms with Gasteiger partial charge in [0.15, 0.2) is 5.82 Å². The number of nitrogens with zero attached hydrogens (tertiary/aromatic N) is 4. The number of carbonyl (C=O) groups is 1. The minimum Gasteiger partial charge on any atom is -0.493 e. The van der Waals surface area contributed by atoms with Gasteiger partial charge in [0.2, 0.25) is 11.7 Å². The molecular formula is C26H20BrClF3N5O3. The molecule has 1 aliphatic heterocycles. The van der Waals surface area contributed by atoms with Crippen LogP contribution in [0, 0.1) is 0 Å². The van der Waals surface area contributed by atoms with Crippen LogP contribution in [0.15, 0.2) is 45.7 Å². The van der Waals surface area contributed by atoms with Gasteiger partial charge in [-0.15, -0.1) is 5.10 Å². The van der Waals surface area contributed by atoms with Crippen molar-refractivity contribution in [2.24, 2.45) is 0 Å². The Morgan fingerprint density at radius 3 is 2.69 bits per heavy atom. The van der Waals surface area contributed by atoms with Crippen molar-refractivity contribution in [1.82, 2.24) is 19.2 Å². The van der Waals surface area contributed by atoms with Crippen LogP contribution in [0.1, 0.15) is 42.0 Å². The Labute approximate surface area is 232 Å². The number of alkyl halides is 3. The monoisotopic (exact) mass is 621 g/mol. The van der Waals surface area contributed by atoms with Crippen molar-refractivity contribution in [3.63, 3.8) is 0 Å². The van der Waals surface area contributed by atoms with Gasteiger partial charge in [-0.2, -0.15) is 22.7 Å². The SMILES string of the molecule is O=C(Cn1c(C2CCC2)c(Br)c(=O)n2nc(-c3ccc4c(c3)CCO4)nc12)Nc1ccc(C(F)(F)F)cc1Cl. The number of rotatable bonds is 5. The molecule has 2 aliphatic rings. The Kier molecular flexibility index (Phi) is 6.41. The van der Waals surface area contributed by atoms with E-state index in [1.54, 1.807) is 4.57 Å². The molecule has 1 N–H and O–H groups in total. The summed E-state index contributed by atoms with van der Waals surface area (Å²) in [6.07, 6.45) is -1.14. The summed E-state index contributed by atoms with van der Waals surface area (Å²) in [6.45, 7) is 0.333. The average molecular weight is 623 g/mol. The lowest BCUT2D eigenvalue weighted by Gasteiger charge is -2.29. The summed E-state index contributed by atoms with van der Waals surface area (Å²) in [5, 5.41) is 6.79. The summed E-state index contributed by atoms with van der Waals surface area (Å²) in [5.41, 5.74) is 1.09. The van der Waals surface area contributed by atoms with Gasteiger partial charge in [0, 0.05) is 23.6 Å². The molecule has 1 amide bonds. The van der Waals surface area contributed by atoms with Gasteiger partial charge in [-0.3, -0.25) is 9.59 Å². The fourth-order valence-corrected chi connectivity index (χ4v) is 5.79. The molecule has 13 heteroatoms. The van der Waals surface area contributed by atoms with E-state index in [4.69, 9.17) is 16.3 Å². The molecular weight excluding hydrogens is 603 g/mol. The largest absolute Gasteiger partial charge is 0.493 e. The zero-order chi connectivity index (χ0) is 27.5. The summed E-state index contributed by atoms with van der Waals surface area (Å²) >= 11 is 9.47. The van der Waals surface area contributed by atoms with Crippen molar-refractivity contribution >= 4 is 44.9 Å². The van der Waals surface area contributed by atoms with Crippen molar-refractivity contribution in [1.29, 1.82) is 0 Å². The van der Waals surface area contributed by atoms with E-state index in [0.29, 0.717) is 28.2 Å². The number of halogens is 5. The number of hydrogen-bond donors (Lipinski definition) is 1. The number of benzene rings is 2. The summed E-state index contributed by atoms with van der Waals surface area (Å²) in [4.78, 5) is 31.1. The maximum absolute atomic E-state index is 13.3. The third-order valence-electron chi connectivity index (χ3n) is 7.04. The van der Waals surface area contributed by atoms with Crippen molar-refractivity contribution in [3.05, 3.63) is 73.1 Å². The van der Waals surface area contributed by atoms with Crippen LogP contribution in [0.5, 0.6) is 5.75 Å². The molecule has 0 saturated heterocycles. The van der Waals surface area contributed by atoms with E-state index >= 15 is 0 Å². The fraction of sp³-hybridized carbons (Fsp3) is 0.308.